The van der Waals surface area contributed by atoms with E-state index in [0.717, 1.165) is 49.1 Å². The van der Waals surface area contributed by atoms with Gasteiger partial charge in [0.25, 0.3) is 0 Å². The van der Waals surface area contributed by atoms with Crippen molar-refractivity contribution in [2.45, 2.75) is 52.3 Å². The lowest BCUT2D eigenvalue weighted by Crippen LogP contribution is -2.34. The Labute approximate surface area is 234 Å². The van der Waals surface area contributed by atoms with Gasteiger partial charge in [0.1, 0.15) is 11.4 Å². The lowest BCUT2D eigenvalue weighted by Gasteiger charge is -2.28. The number of amides is 1. The van der Waals surface area contributed by atoms with Crippen LogP contribution in [0.1, 0.15) is 37.7 Å². The minimum absolute atomic E-state index is 0.219. The van der Waals surface area contributed by atoms with Gasteiger partial charge in [0, 0.05) is 62.2 Å². The number of alkyl carbamates (subject to hydrolysis) is 1. The summed E-state index contributed by atoms with van der Waals surface area (Å²) in [6, 6.07) is 5.04. The number of rotatable bonds is 15. The summed E-state index contributed by atoms with van der Waals surface area (Å²) in [5.41, 5.74) is 3.93. The van der Waals surface area contributed by atoms with Crippen molar-refractivity contribution >= 4 is 17.0 Å². The van der Waals surface area contributed by atoms with Crippen molar-refractivity contribution in [1.82, 2.24) is 30.2 Å². The molecule has 0 atom stereocenters. The number of carbonyl (C=O) groups is 1. The Bertz CT molecular complexity index is 1210. The molecule has 1 aliphatic rings. The molecule has 0 unspecified atom stereocenters. The number of hydrogen-bond acceptors (Lipinski definition) is 8. The van der Waals surface area contributed by atoms with Crippen molar-refractivity contribution in [3.63, 3.8) is 0 Å². The molecule has 0 saturated carbocycles. The maximum Gasteiger partial charge on any atom is 0.407 e. The average molecular weight is 561 g/mol. The van der Waals surface area contributed by atoms with Gasteiger partial charge in [0.05, 0.1) is 51.5 Å². The second kappa shape index (κ2) is 14.5. The predicted octanol–water partition coefficient (Wildman–Crippen LogP) is 3.07. The standard InChI is InChI=1S/C28H41FN6O5/c1-28(2,3)40-27(36)30-8-12-37-14-16-39-17-15-38-13-11-35-25-5-4-21(29)18-23(25)24-20-34(10-7-26(24)35)9-6-22-19-31-33-32-22/h4-5,18-19H,6-17,20H2,1-3H3,(H,30,36)(H,31,32,33). The van der Waals surface area contributed by atoms with E-state index in [-0.39, 0.29) is 5.82 Å². The highest BCUT2D eigenvalue weighted by atomic mass is 19.1. The number of carbonyl (C=O) groups excluding carboxylic acids is 1. The summed E-state index contributed by atoms with van der Waals surface area (Å²) in [6.45, 7) is 11.9. The molecule has 40 heavy (non-hydrogen) atoms. The van der Waals surface area contributed by atoms with Crippen LogP contribution in [0.25, 0.3) is 10.9 Å². The smallest absolute Gasteiger partial charge is 0.407 e. The number of H-pyrrole nitrogens is 1. The molecule has 0 saturated heterocycles. The highest BCUT2D eigenvalue weighted by molar-refractivity contribution is 5.86. The number of nitrogens with zero attached hydrogens (tertiary/aromatic N) is 4. The van der Waals surface area contributed by atoms with E-state index in [1.807, 2.05) is 26.8 Å². The van der Waals surface area contributed by atoms with E-state index in [4.69, 9.17) is 18.9 Å². The molecular formula is C28H41FN6O5. The second-order valence-corrected chi connectivity index (χ2v) is 10.7. The van der Waals surface area contributed by atoms with Crippen molar-refractivity contribution in [3.8, 4) is 0 Å². The molecule has 0 aliphatic carbocycles. The molecule has 220 valence electrons. The molecular weight excluding hydrogens is 519 g/mol. The Morgan fingerprint density at radius 1 is 1.07 bits per heavy atom. The van der Waals surface area contributed by atoms with Crippen molar-refractivity contribution in [2.24, 2.45) is 0 Å². The van der Waals surface area contributed by atoms with Crippen LogP contribution in [0.15, 0.2) is 24.4 Å². The first-order valence-electron chi connectivity index (χ1n) is 13.9. The maximum atomic E-state index is 14.2. The summed E-state index contributed by atoms with van der Waals surface area (Å²) >= 11 is 0. The normalized spacial score (nSPS) is 14.0. The predicted molar refractivity (Wildman–Crippen MR) is 148 cm³/mol. The zero-order chi connectivity index (χ0) is 28.4. The van der Waals surface area contributed by atoms with E-state index in [9.17, 15) is 9.18 Å². The van der Waals surface area contributed by atoms with Crippen molar-refractivity contribution < 1.29 is 28.1 Å². The zero-order valence-electron chi connectivity index (χ0n) is 23.7. The van der Waals surface area contributed by atoms with Crippen LogP contribution in [0.2, 0.25) is 0 Å². The Kier molecular flexibility index (Phi) is 10.9. The molecule has 12 heteroatoms. The molecule has 0 radical (unpaired) electrons. The SMILES string of the molecule is CC(C)(C)OC(=O)NCCOCCOCCOCCn1c2c(c3cc(F)ccc31)CN(CCc1cn[nH]n1)CC2. The molecule has 11 nitrogen and oxygen atoms in total. The summed E-state index contributed by atoms with van der Waals surface area (Å²) in [4.78, 5) is 14.0. The highest BCUT2D eigenvalue weighted by Gasteiger charge is 2.24. The van der Waals surface area contributed by atoms with E-state index >= 15 is 0 Å². The number of ether oxygens (including phenoxy) is 4. The summed E-state index contributed by atoms with van der Waals surface area (Å²) in [5.74, 6) is -0.219. The third-order valence-corrected chi connectivity index (χ3v) is 6.56. The third-order valence-electron chi connectivity index (χ3n) is 6.56. The summed E-state index contributed by atoms with van der Waals surface area (Å²) in [6.07, 6.45) is 3.03. The van der Waals surface area contributed by atoms with Crippen LogP contribution in [-0.2, 0) is 44.9 Å². The first-order chi connectivity index (χ1) is 19.3. The molecule has 1 amide bonds. The van der Waals surface area contributed by atoms with E-state index < -0.39 is 11.7 Å². The van der Waals surface area contributed by atoms with Gasteiger partial charge in [-0.2, -0.15) is 15.4 Å². The number of benzene rings is 1. The van der Waals surface area contributed by atoms with Crippen LogP contribution < -0.4 is 5.32 Å². The Hall–Kier alpha value is -3.06. The van der Waals surface area contributed by atoms with Gasteiger partial charge in [-0.15, -0.1) is 0 Å². The minimum atomic E-state index is -0.517. The van der Waals surface area contributed by atoms with Gasteiger partial charge >= 0.3 is 6.09 Å². The fourth-order valence-corrected chi connectivity index (χ4v) is 4.78. The quantitative estimate of drug-likeness (QED) is 0.273. The Morgan fingerprint density at radius 3 is 2.55 bits per heavy atom. The fraction of sp³-hybridized carbons (Fsp3) is 0.607. The highest BCUT2D eigenvalue weighted by Crippen LogP contribution is 2.31. The van der Waals surface area contributed by atoms with Gasteiger partial charge in [-0.05, 0) is 44.5 Å². The number of halogens is 1. The Balaban J connectivity index is 1.14. The van der Waals surface area contributed by atoms with Crippen LogP contribution in [-0.4, -0.2) is 95.8 Å². The average Bonchev–Trinajstić information content (AvgIpc) is 3.53. The molecule has 3 aromatic rings. The van der Waals surface area contributed by atoms with Gasteiger partial charge in [0.2, 0.25) is 0 Å². The van der Waals surface area contributed by atoms with Crippen LogP contribution in [0.3, 0.4) is 0 Å². The fourth-order valence-electron chi connectivity index (χ4n) is 4.78. The molecule has 3 heterocycles. The summed E-state index contributed by atoms with van der Waals surface area (Å²) in [5, 5.41) is 14.3. The van der Waals surface area contributed by atoms with Crippen LogP contribution in [0.4, 0.5) is 9.18 Å². The lowest BCUT2D eigenvalue weighted by molar-refractivity contribution is 0.0127. The van der Waals surface area contributed by atoms with Crippen molar-refractivity contribution in [3.05, 3.63) is 47.2 Å². The number of hydrogen-bond donors (Lipinski definition) is 2. The number of aromatic nitrogens is 4. The maximum absolute atomic E-state index is 14.2. The molecule has 4 rings (SSSR count). The van der Waals surface area contributed by atoms with Gasteiger partial charge in [-0.1, -0.05) is 0 Å². The van der Waals surface area contributed by atoms with Crippen molar-refractivity contribution in [1.29, 1.82) is 0 Å². The summed E-state index contributed by atoms with van der Waals surface area (Å²) < 4.78 is 38.5. The van der Waals surface area contributed by atoms with Crippen LogP contribution >= 0.6 is 0 Å². The largest absolute Gasteiger partial charge is 0.444 e. The van der Waals surface area contributed by atoms with E-state index in [0.29, 0.717) is 52.7 Å². The molecule has 0 spiro atoms. The second-order valence-electron chi connectivity index (χ2n) is 10.7. The first-order valence-corrected chi connectivity index (χ1v) is 13.9. The number of fused-ring (bicyclic) bond motifs is 3. The molecule has 0 fully saturated rings. The van der Waals surface area contributed by atoms with Crippen LogP contribution in [0.5, 0.6) is 0 Å². The van der Waals surface area contributed by atoms with Gasteiger partial charge < -0.3 is 28.8 Å². The van der Waals surface area contributed by atoms with Gasteiger partial charge in [0.15, 0.2) is 0 Å². The Morgan fingerprint density at radius 2 is 1.82 bits per heavy atom. The zero-order valence-corrected chi connectivity index (χ0v) is 23.7. The monoisotopic (exact) mass is 560 g/mol. The van der Waals surface area contributed by atoms with E-state index in [1.165, 1.54) is 17.3 Å². The van der Waals surface area contributed by atoms with Gasteiger partial charge in [-0.25, -0.2) is 9.18 Å². The topological polar surface area (TPSA) is 116 Å². The summed E-state index contributed by atoms with van der Waals surface area (Å²) in [7, 11) is 0. The lowest BCUT2D eigenvalue weighted by atomic mass is 10.0. The van der Waals surface area contributed by atoms with Gasteiger partial charge in [-0.3, -0.25) is 4.90 Å². The molecule has 2 N–H and O–H groups in total. The molecule has 2 aromatic heterocycles. The van der Waals surface area contributed by atoms with Crippen LogP contribution in [0, 0.1) is 5.82 Å². The molecule has 0 bridgehead atoms. The number of aromatic amines is 1. The van der Waals surface area contributed by atoms with Crippen molar-refractivity contribution in [2.75, 3.05) is 59.3 Å². The van der Waals surface area contributed by atoms with E-state index in [2.05, 4.69) is 30.2 Å². The molecule has 1 aromatic carbocycles. The third kappa shape index (κ3) is 8.98. The number of nitrogens with one attached hydrogen (secondary N) is 2. The minimum Gasteiger partial charge on any atom is -0.444 e. The molecule has 1 aliphatic heterocycles. The first kappa shape index (κ1) is 29.9. The van der Waals surface area contributed by atoms with E-state index in [1.54, 1.807) is 12.3 Å².